The van der Waals surface area contributed by atoms with Crippen LogP contribution in [-0.4, -0.2) is 65.7 Å². The number of aromatic nitrogens is 2. The van der Waals surface area contributed by atoms with E-state index in [0.717, 1.165) is 67.3 Å². The van der Waals surface area contributed by atoms with Crippen LogP contribution in [0.15, 0.2) is 42.5 Å². The van der Waals surface area contributed by atoms with Crippen molar-refractivity contribution in [2.45, 2.75) is 32.7 Å². The van der Waals surface area contributed by atoms with Gasteiger partial charge in [0.1, 0.15) is 11.6 Å². The number of benzene rings is 2. The fourth-order valence-corrected chi connectivity index (χ4v) is 4.43. The van der Waals surface area contributed by atoms with Crippen LogP contribution in [0.25, 0.3) is 22.4 Å². The summed E-state index contributed by atoms with van der Waals surface area (Å²) in [5, 5.41) is 0.629. The third-order valence-electron chi connectivity index (χ3n) is 5.89. The minimum atomic E-state index is -0.101. The summed E-state index contributed by atoms with van der Waals surface area (Å²) in [5.74, 6) is 1.67. The van der Waals surface area contributed by atoms with Crippen molar-refractivity contribution < 1.29 is 4.74 Å². The van der Waals surface area contributed by atoms with Gasteiger partial charge >= 0.3 is 0 Å². The van der Waals surface area contributed by atoms with Crippen LogP contribution >= 0.6 is 11.6 Å². The van der Waals surface area contributed by atoms with Crippen molar-refractivity contribution in [1.29, 1.82) is 0 Å². The molecule has 0 atom stereocenters. The molecule has 1 aliphatic heterocycles. The zero-order valence-electron chi connectivity index (χ0n) is 19.1. The highest BCUT2D eigenvalue weighted by Gasteiger charge is 2.22. The highest BCUT2D eigenvalue weighted by Crippen LogP contribution is 2.34. The molecule has 1 fully saturated rings. The van der Waals surface area contributed by atoms with Crippen molar-refractivity contribution in [3.63, 3.8) is 0 Å². The van der Waals surface area contributed by atoms with E-state index in [1.165, 1.54) is 0 Å². The zero-order valence-corrected chi connectivity index (χ0v) is 19.8. The van der Waals surface area contributed by atoms with E-state index in [1.54, 1.807) is 0 Å². The van der Waals surface area contributed by atoms with Gasteiger partial charge in [-0.25, -0.2) is 4.98 Å². The third-order valence-corrected chi connectivity index (χ3v) is 6.19. The van der Waals surface area contributed by atoms with Crippen LogP contribution in [0.4, 0.5) is 0 Å². The van der Waals surface area contributed by atoms with E-state index in [4.69, 9.17) is 21.3 Å². The molecule has 0 aliphatic carbocycles. The first kappa shape index (κ1) is 22.1. The van der Waals surface area contributed by atoms with Gasteiger partial charge < -0.3 is 19.1 Å². The summed E-state index contributed by atoms with van der Waals surface area (Å²) in [6, 6.07) is 14.3. The van der Waals surface area contributed by atoms with Gasteiger partial charge in [-0.05, 0) is 64.6 Å². The molecule has 166 valence electrons. The van der Waals surface area contributed by atoms with E-state index < -0.39 is 0 Å². The number of ether oxygens (including phenoxy) is 1. The molecule has 2 heterocycles. The fraction of sp³-hybridized carbons (Fsp3) is 0.480. The van der Waals surface area contributed by atoms with E-state index in [0.29, 0.717) is 11.6 Å². The molecule has 0 unspecified atom stereocenters. The molecule has 0 N–H and O–H groups in total. The van der Waals surface area contributed by atoms with E-state index in [9.17, 15) is 0 Å². The monoisotopic (exact) mass is 440 g/mol. The molecule has 0 radical (unpaired) electrons. The van der Waals surface area contributed by atoms with Crippen molar-refractivity contribution in [2.24, 2.45) is 0 Å². The number of halogens is 1. The van der Waals surface area contributed by atoms with Gasteiger partial charge in [0.25, 0.3) is 0 Å². The Morgan fingerprint density at radius 1 is 1.03 bits per heavy atom. The van der Waals surface area contributed by atoms with Crippen molar-refractivity contribution in [1.82, 2.24) is 19.4 Å². The molecule has 1 aliphatic rings. The second-order valence-corrected chi connectivity index (χ2v) is 9.83. The number of hydrogen-bond acceptors (Lipinski definition) is 4. The van der Waals surface area contributed by atoms with Gasteiger partial charge in [0.05, 0.1) is 22.7 Å². The van der Waals surface area contributed by atoms with Gasteiger partial charge in [0, 0.05) is 43.8 Å². The minimum Gasteiger partial charge on any atom is -0.492 e. The van der Waals surface area contributed by atoms with Crippen LogP contribution in [0, 0.1) is 0 Å². The maximum absolute atomic E-state index is 6.61. The molecule has 0 saturated carbocycles. The van der Waals surface area contributed by atoms with E-state index in [1.807, 2.05) is 18.2 Å². The number of likely N-dealkylation sites (N-methyl/N-ethyl adjacent to an activating group) is 1. The summed E-state index contributed by atoms with van der Waals surface area (Å²) in [6.07, 6.45) is 1.00. The molecule has 0 amide bonds. The zero-order chi connectivity index (χ0) is 22.0. The fourth-order valence-electron chi connectivity index (χ4n) is 4.20. The molecule has 5 nitrogen and oxygen atoms in total. The Labute approximate surface area is 190 Å². The van der Waals surface area contributed by atoms with Crippen LogP contribution in [-0.2, 0) is 5.54 Å². The van der Waals surface area contributed by atoms with E-state index in [2.05, 4.69) is 66.5 Å². The smallest absolute Gasteiger partial charge is 0.141 e. The Morgan fingerprint density at radius 2 is 1.77 bits per heavy atom. The van der Waals surface area contributed by atoms with Crippen molar-refractivity contribution in [2.75, 3.05) is 46.4 Å². The number of imidazole rings is 1. The maximum atomic E-state index is 6.61. The lowest BCUT2D eigenvalue weighted by molar-refractivity contribution is 0.145. The van der Waals surface area contributed by atoms with Gasteiger partial charge in [-0.2, -0.15) is 0 Å². The van der Waals surface area contributed by atoms with Crippen LogP contribution in [0.3, 0.4) is 0 Å². The highest BCUT2D eigenvalue weighted by atomic mass is 35.5. The largest absolute Gasteiger partial charge is 0.492 e. The Hall–Kier alpha value is -2.08. The SMILES string of the molecule is CN1CCN(CCCOc2ccc(-c3nc4ccccc4n3C(C)(C)C)cc2Cl)CC1. The summed E-state index contributed by atoms with van der Waals surface area (Å²) in [5.41, 5.74) is 3.02. The van der Waals surface area contributed by atoms with Gasteiger partial charge in [-0.3, -0.25) is 0 Å². The summed E-state index contributed by atoms with van der Waals surface area (Å²) < 4.78 is 8.28. The molecule has 1 saturated heterocycles. The number of hydrogen-bond donors (Lipinski definition) is 0. The van der Waals surface area contributed by atoms with E-state index in [-0.39, 0.29) is 5.54 Å². The van der Waals surface area contributed by atoms with Crippen molar-refractivity contribution in [3.05, 3.63) is 47.5 Å². The second-order valence-electron chi connectivity index (χ2n) is 9.42. The highest BCUT2D eigenvalue weighted by molar-refractivity contribution is 6.32. The summed E-state index contributed by atoms with van der Waals surface area (Å²) in [6.45, 7) is 12.9. The molecular formula is C25H33ClN4O. The summed E-state index contributed by atoms with van der Waals surface area (Å²) in [4.78, 5) is 9.79. The first-order valence-corrected chi connectivity index (χ1v) is 11.5. The molecule has 1 aromatic heterocycles. The Bertz CT molecular complexity index is 1030. The first-order valence-electron chi connectivity index (χ1n) is 11.1. The van der Waals surface area contributed by atoms with Gasteiger partial charge in [0.15, 0.2) is 0 Å². The van der Waals surface area contributed by atoms with Crippen molar-refractivity contribution in [3.8, 4) is 17.1 Å². The van der Waals surface area contributed by atoms with E-state index >= 15 is 0 Å². The van der Waals surface area contributed by atoms with Crippen LogP contribution in [0.2, 0.25) is 5.02 Å². The lowest BCUT2D eigenvalue weighted by atomic mass is 10.1. The second kappa shape index (κ2) is 9.19. The standard InChI is InChI=1S/C25H33ClN4O/c1-25(2,3)30-22-9-6-5-8-21(22)27-24(30)19-10-11-23(20(26)18-19)31-17-7-12-29-15-13-28(4)14-16-29/h5-6,8-11,18H,7,12-17H2,1-4H3. The third kappa shape index (κ3) is 5.05. The average Bonchev–Trinajstić information content (AvgIpc) is 3.13. The molecule has 2 aromatic carbocycles. The van der Waals surface area contributed by atoms with Crippen LogP contribution in [0.5, 0.6) is 5.75 Å². The molecule has 3 aromatic rings. The Balaban J connectivity index is 1.46. The molecule has 0 bridgehead atoms. The predicted octanol–water partition coefficient (Wildman–Crippen LogP) is 5.13. The quantitative estimate of drug-likeness (QED) is 0.497. The lowest BCUT2D eigenvalue weighted by Crippen LogP contribution is -2.44. The molecular weight excluding hydrogens is 408 g/mol. The first-order chi connectivity index (χ1) is 14.8. The number of para-hydroxylation sites is 2. The summed E-state index contributed by atoms with van der Waals surface area (Å²) in [7, 11) is 2.18. The topological polar surface area (TPSA) is 33.5 Å². The van der Waals surface area contributed by atoms with Crippen LogP contribution < -0.4 is 4.74 Å². The minimum absolute atomic E-state index is 0.101. The number of nitrogens with zero attached hydrogens (tertiary/aromatic N) is 4. The molecule has 6 heteroatoms. The number of fused-ring (bicyclic) bond motifs is 1. The lowest BCUT2D eigenvalue weighted by Gasteiger charge is -2.32. The number of piperazine rings is 1. The van der Waals surface area contributed by atoms with Crippen molar-refractivity contribution >= 4 is 22.6 Å². The number of rotatable bonds is 6. The maximum Gasteiger partial charge on any atom is 0.141 e. The summed E-state index contributed by atoms with van der Waals surface area (Å²) >= 11 is 6.61. The Morgan fingerprint density at radius 3 is 2.48 bits per heavy atom. The normalized spacial score (nSPS) is 16.2. The molecule has 4 rings (SSSR count). The Kier molecular flexibility index (Phi) is 6.56. The van der Waals surface area contributed by atoms with Gasteiger partial charge in [-0.15, -0.1) is 0 Å². The molecule has 31 heavy (non-hydrogen) atoms. The average molecular weight is 441 g/mol. The van der Waals surface area contributed by atoms with Crippen LogP contribution in [0.1, 0.15) is 27.2 Å². The predicted molar refractivity (Wildman–Crippen MR) is 129 cm³/mol. The van der Waals surface area contributed by atoms with Gasteiger partial charge in [-0.1, -0.05) is 23.7 Å². The molecule has 0 spiro atoms. The van der Waals surface area contributed by atoms with Gasteiger partial charge in [0.2, 0.25) is 0 Å².